The molecule has 2 rings (SSSR count). The Kier molecular flexibility index (Phi) is 2.29. The van der Waals surface area contributed by atoms with E-state index in [2.05, 4.69) is 20.8 Å². The van der Waals surface area contributed by atoms with Gasteiger partial charge in [0.05, 0.1) is 0 Å². The second-order valence-electron chi connectivity index (χ2n) is 5.40. The zero-order valence-corrected chi connectivity index (χ0v) is 9.47. The van der Waals surface area contributed by atoms with Gasteiger partial charge in [-0.3, -0.25) is 4.79 Å². The third-order valence-electron chi connectivity index (χ3n) is 4.09. The maximum Gasteiger partial charge on any atom is 0.159 e. The van der Waals surface area contributed by atoms with Gasteiger partial charge in [-0.15, -0.1) is 0 Å². The minimum Gasteiger partial charge on any atom is -0.295 e. The predicted octanol–water partition coefficient (Wildman–Crippen LogP) is 3.35. The third kappa shape index (κ3) is 1.34. The molecule has 1 fully saturated rings. The minimum absolute atomic E-state index is 0.280. The standard InChI is InChI=1S/C13H20O/c1-4-9-10-6-5-7-13(2,3)11(10)8-12(9)14/h8-10H,4-7H2,1-3H3/t9-,10+/m0/s1. The number of hydrogen-bond donors (Lipinski definition) is 0. The Hall–Kier alpha value is -0.590. The minimum atomic E-state index is 0.280. The van der Waals surface area contributed by atoms with Gasteiger partial charge in [-0.2, -0.15) is 0 Å². The van der Waals surface area contributed by atoms with Gasteiger partial charge in [0.2, 0.25) is 0 Å². The molecule has 14 heavy (non-hydrogen) atoms. The van der Waals surface area contributed by atoms with Crippen molar-refractivity contribution in [2.24, 2.45) is 17.3 Å². The summed E-state index contributed by atoms with van der Waals surface area (Å²) < 4.78 is 0. The highest BCUT2D eigenvalue weighted by Gasteiger charge is 2.43. The fourth-order valence-electron chi connectivity index (χ4n) is 3.23. The van der Waals surface area contributed by atoms with Crippen molar-refractivity contribution in [1.29, 1.82) is 0 Å². The van der Waals surface area contributed by atoms with E-state index in [9.17, 15) is 4.79 Å². The van der Waals surface area contributed by atoms with Crippen LogP contribution in [0.4, 0.5) is 0 Å². The molecule has 1 nitrogen and oxygen atoms in total. The molecule has 0 N–H and O–H groups in total. The lowest BCUT2D eigenvalue weighted by molar-refractivity contribution is -0.118. The molecule has 0 aromatic heterocycles. The van der Waals surface area contributed by atoms with Crippen molar-refractivity contribution < 1.29 is 4.79 Å². The summed E-state index contributed by atoms with van der Waals surface area (Å²) in [6, 6.07) is 0. The number of fused-ring (bicyclic) bond motifs is 1. The first-order chi connectivity index (χ1) is 6.56. The van der Waals surface area contributed by atoms with Crippen LogP contribution in [0.25, 0.3) is 0 Å². The summed E-state index contributed by atoms with van der Waals surface area (Å²) in [5.74, 6) is 1.28. The van der Waals surface area contributed by atoms with Gasteiger partial charge < -0.3 is 0 Å². The Balaban J connectivity index is 2.31. The molecular weight excluding hydrogens is 172 g/mol. The van der Waals surface area contributed by atoms with E-state index in [1.165, 1.54) is 24.8 Å². The number of carbonyl (C=O) groups excluding carboxylic acids is 1. The summed E-state index contributed by atoms with van der Waals surface area (Å²) in [6.45, 7) is 6.72. The Morgan fingerprint density at radius 2 is 2.21 bits per heavy atom. The summed E-state index contributed by atoms with van der Waals surface area (Å²) in [5.41, 5.74) is 1.73. The van der Waals surface area contributed by atoms with Crippen LogP contribution >= 0.6 is 0 Å². The Morgan fingerprint density at radius 3 is 2.86 bits per heavy atom. The van der Waals surface area contributed by atoms with Gasteiger partial charge in [-0.05, 0) is 36.7 Å². The topological polar surface area (TPSA) is 17.1 Å². The maximum atomic E-state index is 11.8. The number of rotatable bonds is 1. The molecule has 0 heterocycles. The average molecular weight is 192 g/mol. The van der Waals surface area contributed by atoms with Crippen LogP contribution in [0.3, 0.4) is 0 Å². The molecule has 0 unspecified atom stereocenters. The number of allylic oxidation sites excluding steroid dienone is 2. The molecule has 1 heteroatoms. The lowest BCUT2D eigenvalue weighted by atomic mass is 9.67. The molecule has 0 aromatic rings. The van der Waals surface area contributed by atoms with E-state index in [1.807, 2.05) is 6.08 Å². The zero-order valence-electron chi connectivity index (χ0n) is 9.47. The molecule has 0 aromatic carbocycles. The monoisotopic (exact) mass is 192 g/mol. The van der Waals surface area contributed by atoms with E-state index in [0.717, 1.165) is 6.42 Å². The van der Waals surface area contributed by atoms with Crippen LogP contribution in [-0.4, -0.2) is 5.78 Å². The molecule has 0 saturated heterocycles. The summed E-state index contributed by atoms with van der Waals surface area (Å²) >= 11 is 0. The largest absolute Gasteiger partial charge is 0.295 e. The molecule has 2 atom stereocenters. The van der Waals surface area contributed by atoms with E-state index >= 15 is 0 Å². The first-order valence-corrected chi connectivity index (χ1v) is 5.82. The maximum absolute atomic E-state index is 11.8. The number of ketones is 1. The lowest BCUT2D eigenvalue weighted by Gasteiger charge is -2.37. The van der Waals surface area contributed by atoms with Crippen molar-refractivity contribution in [3.8, 4) is 0 Å². The number of carbonyl (C=O) groups is 1. The third-order valence-corrected chi connectivity index (χ3v) is 4.09. The Labute approximate surface area is 86.6 Å². The van der Waals surface area contributed by atoms with Crippen molar-refractivity contribution in [3.05, 3.63) is 11.6 Å². The van der Waals surface area contributed by atoms with Crippen LogP contribution < -0.4 is 0 Å². The average Bonchev–Trinajstić information content (AvgIpc) is 2.42. The van der Waals surface area contributed by atoms with E-state index in [1.54, 1.807) is 0 Å². The van der Waals surface area contributed by atoms with E-state index in [-0.39, 0.29) is 5.41 Å². The highest BCUT2D eigenvalue weighted by Crippen LogP contribution is 2.50. The molecule has 0 amide bonds. The van der Waals surface area contributed by atoms with Crippen LogP contribution in [0.15, 0.2) is 11.6 Å². The normalized spacial score (nSPS) is 35.4. The van der Waals surface area contributed by atoms with Gasteiger partial charge in [0.15, 0.2) is 5.78 Å². The van der Waals surface area contributed by atoms with E-state index in [4.69, 9.17) is 0 Å². The van der Waals surface area contributed by atoms with Gasteiger partial charge in [0, 0.05) is 5.92 Å². The van der Waals surface area contributed by atoms with E-state index in [0.29, 0.717) is 17.6 Å². The summed E-state index contributed by atoms with van der Waals surface area (Å²) in [5, 5.41) is 0. The SMILES string of the molecule is CC[C@@H]1C(=O)C=C2[C@@H]1CCCC2(C)C. The molecular formula is C13H20O. The van der Waals surface area contributed by atoms with E-state index < -0.39 is 0 Å². The summed E-state index contributed by atoms with van der Waals surface area (Å²) in [7, 11) is 0. The second-order valence-corrected chi connectivity index (χ2v) is 5.40. The molecule has 0 bridgehead atoms. The van der Waals surface area contributed by atoms with Crippen LogP contribution in [0.2, 0.25) is 0 Å². The summed E-state index contributed by atoms with van der Waals surface area (Å²) in [4.78, 5) is 11.8. The predicted molar refractivity (Wildman–Crippen MR) is 58.0 cm³/mol. The van der Waals surface area contributed by atoms with Crippen molar-refractivity contribution in [3.63, 3.8) is 0 Å². The van der Waals surface area contributed by atoms with Gasteiger partial charge >= 0.3 is 0 Å². The summed E-state index contributed by atoms with van der Waals surface area (Å²) in [6.07, 6.45) is 6.74. The first-order valence-electron chi connectivity index (χ1n) is 5.82. The molecule has 2 aliphatic carbocycles. The highest BCUT2D eigenvalue weighted by atomic mass is 16.1. The van der Waals surface area contributed by atoms with Crippen molar-refractivity contribution in [1.82, 2.24) is 0 Å². The van der Waals surface area contributed by atoms with Crippen molar-refractivity contribution >= 4 is 5.78 Å². The van der Waals surface area contributed by atoms with Gasteiger partial charge in [0.25, 0.3) is 0 Å². The smallest absolute Gasteiger partial charge is 0.159 e. The molecule has 78 valence electrons. The Morgan fingerprint density at radius 1 is 1.50 bits per heavy atom. The van der Waals surface area contributed by atoms with Crippen LogP contribution in [-0.2, 0) is 4.79 Å². The molecule has 2 aliphatic rings. The quantitative estimate of drug-likeness (QED) is 0.622. The van der Waals surface area contributed by atoms with Crippen LogP contribution in [0, 0.1) is 17.3 Å². The van der Waals surface area contributed by atoms with Crippen LogP contribution in [0.5, 0.6) is 0 Å². The van der Waals surface area contributed by atoms with Crippen molar-refractivity contribution in [2.75, 3.05) is 0 Å². The molecule has 0 spiro atoms. The molecule has 0 aliphatic heterocycles. The van der Waals surface area contributed by atoms with Crippen LogP contribution in [0.1, 0.15) is 46.5 Å². The first kappa shape index (κ1) is 9.95. The van der Waals surface area contributed by atoms with Gasteiger partial charge in [0.1, 0.15) is 0 Å². The van der Waals surface area contributed by atoms with Gasteiger partial charge in [-0.1, -0.05) is 32.8 Å². The van der Waals surface area contributed by atoms with Crippen molar-refractivity contribution in [2.45, 2.75) is 46.5 Å². The lowest BCUT2D eigenvalue weighted by Crippen LogP contribution is -2.28. The second kappa shape index (κ2) is 3.22. The fourth-order valence-corrected chi connectivity index (χ4v) is 3.23. The molecule has 1 saturated carbocycles. The number of hydrogen-bond acceptors (Lipinski definition) is 1. The van der Waals surface area contributed by atoms with Gasteiger partial charge in [-0.25, -0.2) is 0 Å². The zero-order chi connectivity index (χ0) is 10.3. The molecule has 0 radical (unpaired) electrons. The highest BCUT2D eigenvalue weighted by molar-refractivity contribution is 5.96. The fraction of sp³-hybridized carbons (Fsp3) is 0.769. The Bertz CT molecular complexity index is 286.